The zero-order valence-electron chi connectivity index (χ0n) is 10.9. The summed E-state index contributed by atoms with van der Waals surface area (Å²) in [6.07, 6.45) is 5.63. The Morgan fingerprint density at radius 3 is 2.63 bits per heavy atom. The molecule has 0 aromatic carbocycles. The van der Waals surface area contributed by atoms with Gasteiger partial charge in [-0.1, -0.05) is 6.07 Å². The van der Waals surface area contributed by atoms with E-state index in [0.717, 1.165) is 11.3 Å². The van der Waals surface area contributed by atoms with Gasteiger partial charge in [-0.15, -0.1) is 0 Å². The standard InChI is InChI=1S/C15H17N3O/c1-2-17-15(19)11-13(12-6-9-16-10-7-12)14-5-3-4-8-18-14/h3-10,13H,2,11H2,1H3,(H,17,19). The van der Waals surface area contributed by atoms with Crippen molar-refractivity contribution in [3.05, 3.63) is 60.2 Å². The normalized spacial score (nSPS) is 11.8. The van der Waals surface area contributed by atoms with E-state index in [1.807, 2.05) is 37.3 Å². The van der Waals surface area contributed by atoms with Crippen LogP contribution in [-0.4, -0.2) is 22.4 Å². The fourth-order valence-electron chi connectivity index (χ4n) is 2.03. The smallest absolute Gasteiger partial charge is 0.221 e. The molecule has 2 heterocycles. The summed E-state index contributed by atoms with van der Waals surface area (Å²) >= 11 is 0. The van der Waals surface area contributed by atoms with Crippen molar-refractivity contribution in [3.63, 3.8) is 0 Å². The Balaban J connectivity index is 2.26. The molecule has 0 saturated heterocycles. The molecule has 0 bridgehead atoms. The van der Waals surface area contributed by atoms with Crippen LogP contribution in [-0.2, 0) is 4.79 Å². The van der Waals surface area contributed by atoms with E-state index in [4.69, 9.17) is 0 Å². The molecule has 4 heteroatoms. The lowest BCUT2D eigenvalue weighted by atomic mass is 9.92. The number of aromatic nitrogens is 2. The monoisotopic (exact) mass is 255 g/mol. The second-order valence-electron chi connectivity index (χ2n) is 4.25. The van der Waals surface area contributed by atoms with Crippen LogP contribution in [0.1, 0.15) is 30.5 Å². The van der Waals surface area contributed by atoms with Crippen molar-refractivity contribution >= 4 is 5.91 Å². The van der Waals surface area contributed by atoms with Crippen molar-refractivity contribution in [3.8, 4) is 0 Å². The number of carbonyl (C=O) groups excluding carboxylic acids is 1. The fourth-order valence-corrected chi connectivity index (χ4v) is 2.03. The van der Waals surface area contributed by atoms with Crippen LogP contribution in [0.3, 0.4) is 0 Å². The minimum absolute atomic E-state index is 0.0317. The first-order chi connectivity index (χ1) is 9.31. The van der Waals surface area contributed by atoms with Crippen LogP contribution in [0, 0.1) is 0 Å². The largest absolute Gasteiger partial charge is 0.356 e. The summed E-state index contributed by atoms with van der Waals surface area (Å²) < 4.78 is 0. The molecule has 1 unspecified atom stereocenters. The van der Waals surface area contributed by atoms with Crippen LogP contribution < -0.4 is 5.32 Å². The van der Waals surface area contributed by atoms with Gasteiger partial charge in [-0.05, 0) is 36.8 Å². The first kappa shape index (κ1) is 13.2. The van der Waals surface area contributed by atoms with Gasteiger partial charge >= 0.3 is 0 Å². The van der Waals surface area contributed by atoms with Gasteiger partial charge in [0.15, 0.2) is 0 Å². The molecule has 2 aromatic rings. The van der Waals surface area contributed by atoms with E-state index < -0.39 is 0 Å². The summed E-state index contributed by atoms with van der Waals surface area (Å²) in [6, 6.07) is 9.62. The Morgan fingerprint density at radius 2 is 2.00 bits per heavy atom. The Kier molecular flexibility index (Phi) is 4.61. The molecule has 2 rings (SSSR count). The number of hydrogen-bond donors (Lipinski definition) is 1. The van der Waals surface area contributed by atoms with E-state index in [9.17, 15) is 4.79 Å². The minimum atomic E-state index is -0.0317. The summed E-state index contributed by atoms with van der Waals surface area (Å²) in [5.74, 6) is 0.00529. The maximum atomic E-state index is 11.8. The van der Waals surface area contributed by atoms with Crippen LogP contribution in [0.15, 0.2) is 48.9 Å². The van der Waals surface area contributed by atoms with Crippen LogP contribution in [0.5, 0.6) is 0 Å². The predicted molar refractivity (Wildman–Crippen MR) is 73.6 cm³/mol. The molecule has 4 nitrogen and oxygen atoms in total. The van der Waals surface area contributed by atoms with Gasteiger partial charge in [-0.25, -0.2) is 0 Å². The van der Waals surface area contributed by atoms with Gasteiger partial charge in [0.05, 0.1) is 0 Å². The highest BCUT2D eigenvalue weighted by Crippen LogP contribution is 2.25. The number of pyridine rings is 2. The molecule has 0 saturated carbocycles. The van der Waals surface area contributed by atoms with Crippen molar-refractivity contribution in [1.29, 1.82) is 0 Å². The zero-order chi connectivity index (χ0) is 13.5. The molecule has 0 spiro atoms. The van der Waals surface area contributed by atoms with E-state index in [1.54, 1.807) is 18.6 Å². The van der Waals surface area contributed by atoms with Crippen molar-refractivity contribution in [2.45, 2.75) is 19.3 Å². The Hall–Kier alpha value is -2.23. The maximum Gasteiger partial charge on any atom is 0.221 e. The number of carbonyl (C=O) groups is 1. The highest BCUT2D eigenvalue weighted by atomic mass is 16.1. The Labute approximate surface area is 112 Å². The lowest BCUT2D eigenvalue weighted by molar-refractivity contribution is -0.121. The summed E-state index contributed by atoms with van der Waals surface area (Å²) in [5.41, 5.74) is 1.96. The molecular weight excluding hydrogens is 238 g/mol. The van der Waals surface area contributed by atoms with Crippen molar-refractivity contribution in [2.24, 2.45) is 0 Å². The second kappa shape index (κ2) is 6.64. The molecule has 1 amide bonds. The number of hydrogen-bond acceptors (Lipinski definition) is 3. The topological polar surface area (TPSA) is 54.9 Å². The molecule has 0 radical (unpaired) electrons. The van der Waals surface area contributed by atoms with Crippen LogP contribution in [0.25, 0.3) is 0 Å². The van der Waals surface area contributed by atoms with Gasteiger partial charge in [0.25, 0.3) is 0 Å². The first-order valence-corrected chi connectivity index (χ1v) is 6.38. The first-order valence-electron chi connectivity index (χ1n) is 6.38. The van der Waals surface area contributed by atoms with Gasteiger partial charge in [0.2, 0.25) is 5.91 Å². The van der Waals surface area contributed by atoms with Gasteiger partial charge < -0.3 is 5.32 Å². The highest BCUT2D eigenvalue weighted by Gasteiger charge is 2.18. The molecule has 0 fully saturated rings. The third-order valence-electron chi connectivity index (χ3n) is 2.92. The van der Waals surface area contributed by atoms with E-state index >= 15 is 0 Å². The molecule has 1 atom stereocenters. The average molecular weight is 255 g/mol. The Bertz CT molecular complexity index is 474. The third kappa shape index (κ3) is 3.61. The van der Waals surface area contributed by atoms with Crippen LogP contribution in [0.4, 0.5) is 0 Å². The van der Waals surface area contributed by atoms with Gasteiger partial charge in [0, 0.05) is 43.2 Å². The van der Waals surface area contributed by atoms with Crippen LogP contribution >= 0.6 is 0 Å². The quantitative estimate of drug-likeness (QED) is 0.890. The van der Waals surface area contributed by atoms with Crippen molar-refractivity contribution < 1.29 is 4.79 Å². The molecular formula is C15H17N3O. The van der Waals surface area contributed by atoms with Crippen molar-refractivity contribution in [1.82, 2.24) is 15.3 Å². The van der Waals surface area contributed by atoms with Crippen LogP contribution in [0.2, 0.25) is 0 Å². The average Bonchev–Trinajstić information content (AvgIpc) is 2.47. The highest BCUT2D eigenvalue weighted by molar-refractivity contribution is 5.77. The van der Waals surface area contributed by atoms with E-state index in [0.29, 0.717) is 13.0 Å². The predicted octanol–water partition coefficient (Wildman–Crippen LogP) is 2.13. The summed E-state index contributed by atoms with van der Waals surface area (Å²) in [7, 11) is 0. The molecule has 19 heavy (non-hydrogen) atoms. The van der Waals surface area contributed by atoms with E-state index in [2.05, 4.69) is 15.3 Å². The third-order valence-corrected chi connectivity index (χ3v) is 2.92. The fraction of sp³-hybridized carbons (Fsp3) is 0.267. The summed E-state index contributed by atoms with van der Waals surface area (Å²) in [6.45, 7) is 2.56. The van der Waals surface area contributed by atoms with Crippen molar-refractivity contribution in [2.75, 3.05) is 6.54 Å². The number of nitrogens with zero attached hydrogens (tertiary/aromatic N) is 2. The second-order valence-corrected chi connectivity index (χ2v) is 4.25. The number of amides is 1. The lowest BCUT2D eigenvalue weighted by Gasteiger charge is -2.16. The van der Waals surface area contributed by atoms with E-state index in [1.165, 1.54) is 0 Å². The Morgan fingerprint density at radius 1 is 1.21 bits per heavy atom. The molecule has 0 aliphatic rings. The molecule has 2 aromatic heterocycles. The maximum absolute atomic E-state index is 11.8. The molecule has 0 aliphatic carbocycles. The van der Waals surface area contributed by atoms with E-state index in [-0.39, 0.29) is 11.8 Å². The molecule has 1 N–H and O–H groups in total. The number of nitrogens with one attached hydrogen (secondary N) is 1. The number of rotatable bonds is 5. The van der Waals surface area contributed by atoms with Gasteiger partial charge in [-0.2, -0.15) is 0 Å². The van der Waals surface area contributed by atoms with Gasteiger partial charge in [0.1, 0.15) is 0 Å². The SMILES string of the molecule is CCNC(=O)CC(c1ccncc1)c1ccccn1. The molecule has 0 aliphatic heterocycles. The minimum Gasteiger partial charge on any atom is -0.356 e. The summed E-state index contributed by atoms with van der Waals surface area (Å²) in [5, 5.41) is 2.83. The van der Waals surface area contributed by atoms with Gasteiger partial charge in [-0.3, -0.25) is 14.8 Å². The lowest BCUT2D eigenvalue weighted by Crippen LogP contribution is -2.25. The zero-order valence-corrected chi connectivity index (χ0v) is 10.9. The summed E-state index contributed by atoms with van der Waals surface area (Å²) in [4.78, 5) is 20.2. The molecule has 98 valence electrons.